The van der Waals surface area contributed by atoms with Crippen molar-refractivity contribution in [3.05, 3.63) is 0 Å². The summed E-state index contributed by atoms with van der Waals surface area (Å²) in [6.07, 6.45) is 7.09. The van der Waals surface area contributed by atoms with Crippen LogP contribution in [-0.4, -0.2) is 17.3 Å². The Balaban J connectivity index is 0.000000815. The van der Waals surface area contributed by atoms with Crippen LogP contribution in [0.2, 0.25) is 0 Å². The van der Waals surface area contributed by atoms with E-state index in [-0.39, 0.29) is 16.7 Å². The molecule has 0 heterocycles. The number of Topliss-reactive ketones (excluding diaryl/α,β-unsaturated/α-hetero) is 2. The van der Waals surface area contributed by atoms with Crippen LogP contribution in [0.25, 0.3) is 0 Å². The van der Waals surface area contributed by atoms with E-state index in [0.29, 0.717) is 42.2 Å². The molecule has 4 rings (SSSR count). The first kappa shape index (κ1) is 17.8. The van der Waals surface area contributed by atoms with Gasteiger partial charge in [-0.15, -0.1) is 0 Å². The maximum atomic E-state index is 12.8. The molecule has 6 atom stereocenters. The Hall–Kier alpha value is -0.990. The number of carbonyl (C=O) groups excluding carboxylic acids is 2. The van der Waals surface area contributed by atoms with Gasteiger partial charge >= 0.3 is 0 Å². The number of fused-ring (bicyclic) bond motifs is 5. The van der Waals surface area contributed by atoms with E-state index in [1.165, 1.54) is 0 Å². The Bertz CT molecular complexity index is 568. The molecule has 0 bridgehead atoms. The molecule has 0 spiro atoms. The Morgan fingerprint density at radius 2 is 1.67 bits per heavy atom. The summed E-state index contributed by atoms with van der Waals surface area (Å²) >= 11 is 0. The fourth-order valence-electron chi connectivity index (χ4n) is 6.64. The molecule has 0 aromatic rings. The summed E-state index contributed by atoms with van der Waals surface area (Å²) in [5, 5.41) is 8.00. The van der Waals surface area contributed by atoms with Crippen molar-refractivity contribution in [3.63, 3.8) is 0 Å². The summed E-state index contributed by atoms with van der Waals surface area (Å²) in [5.74, 6) is 2.36. The number of ketones is 2. The van der Waals surface area contributed by atoms with Crippen molar-refractivity contribution in [3.8, 4) is 0 Å². The molecule has 4 aliphatic rings. The van der Waals surface area contributed by atoms with Gasteiger partial charge in [0.15, 0.2) is 0 Å². The lowest BCUT2D eigenvalue weighted by molar-refractivity contribution is -0.152. The van der Waals surface area contributed by atoms with Crippen LogP contribution in [0, 0.1) is 39.9 Å². The summed E-state index contributed by atoms with van der Waals surface area (Å²) < 4.78 is 0. The molecule has 24 heavy (non-hydrogen) atoms. The molecular weight excluding hydrogens is 298 g/mol. The molecular formula is C21H33NO2. The fraction of sp³-hybridized carbons (Fsp3) is 0.857. The lowest BCUT2D eigenvalue weighted by Crippen LogP contribution is -2.56. The predicted octanol–water partition coefficient (Wildman–Crippen LogP) is 4.82. The molecule has 3 heteroatoms. The minimum absolute atomic E-state index is 0.0801. The average Bonchev–Trinajstić information content (AvgIpc) is 2.87. The first-order chi connectivity index (χ1) is 11.4. The normalized spacial score (nSPS) is 47.2. The van der Waals surface area contributed by atoms with E-state index < -0.39 is 0 Å². The maximum absolute atomic E-state index is 12.8. The van der Waals surface area contributed by atoms with Gasteiger partial charge in [0.2, 0.25) is 0 Å². The first-order valence-electron chi connectivity index (χ1n) is 9.98. The molecule has 0 aliphatic heterocycles. The third-order valence-electron chi connectivity index (χ3n) is 8.03. The van der Waals surface area contributed by atoms with Crippen LogP contribution in [-0.2, 0) is 9.59 Å². The van der Waals surface area contributed by atoms with Crippen molar-refractivity contribution in [2.75, 3.05) is 0 Å². The van der Waals surface area contributed by atoms with Crippen molar-refractivity contribution >= 4 is 17.3 Å². The van der Waals surface area contributed by atoms with Crippen molar-refractivity contribution in [2.24, 2.45) is 34.5 Å². The fourth-order valence-corrected chi connectivity index (χ4v) is 6.64. The highest BCUT2D eigenvalue weighted by molar-refractivity contribution is 5.92. The van der Waals surface area contributed by atoms with Crippen LogP contribution < -0.4 is 0 Å². The monoisotopic (exact) mass is 331 g/mol. The summed E-state index contributed by atoms with van der Waals surface area (Å²) in [5.41, 5.74) is 0.703. The van der Waals surface area contributed by atoms with E-state index in [2.05, 4.69) is 13.8 Å². The molecule has 1 N–H and O–H groups in total. The lowest BCUT2D eigenvalue weighted by atomic mass is 9.45. The molecule has 134 valence electrons. The largest absolute Gasteiger partial charge is 0.310 e. The van der Waals surface area contributed by atoms with E-state index in [9.17, 15) is 9.59 Å². The standard InChI is InChI=1S/C19H27NO2.C2H6/c1-18-7-5-11(20)9-15(18)16(21)10-12-13-3-4-17(22)19(13,2)8-6-14(12)18;1-2/h12-15,20H,3-10H2,1-2H3;1-2H3/t12?,13?,14?,15?,18-,19+;/m1./s1. The number of hydrogen-bond acceptors (Lipinski definition) is 3. The zero-order chi connectivity index (χ0) is 17.7. The van der Waals surface area contributed by atoms with Gasteiger partial charge < -0.3 is 5.41 Å². The SMILES string of the molecule is CC.C[C@]12CCC(=N)CC1C(=O)CC1C2CC[C@]2(C)C(=O)CCC12. The Morgan fingerprint density at radius 3 is 2.38 bits per heavy atom. The second-order valence-corrected chi connectivity index (χ2v) is 8.83. The highest BCUT2D eigenvalue weighted by atomic mass is 16.1. The third kappa shape index (κ3) is 2.34. The van der Waals surface area contributed by atoms with Gasteiger partial charge in [0, 0.05) is 29.9 Å². The third-order valence-corrected chi connectivity index (χ3v) is 8.03. The smallest absolute Gasteiger partial charge is 0.139 e. The van der Waals surface area contributed by atoms with E-state index in [0.717, 1.165) is 44.2 Å². The molecule has 0 radical (unpaired) electrons. The van der Waals surface area contributed by atoms with Crippen LogP contribution in [0.1, 0.15) is 79.1 Å². The minimum Gasteiger partial charge on any atom is -0.310 e. The second kappa shape index (κ2) is 6.07. The molecule has 0 aromatic heterocycles. The molecule has 0 saturated heterocycles. The van der Waals surface area contributed by atoms with Gasteiger partial charge in [0.25, 0.3) is 0 Å². The minimum atomic E-state index is -0.147. The van der Waals surface area contributed by atoms with E-state index >= 15 is 0 Å². The number of rotatable bonds is 0. The van der Waals surface area contributed by atoms with E-state index in [1.807, 2.05) is 13.8 Å². The lowest BCUT2D eigenvalue weighted by Gasteiger charge is -2.58. The molecule has 3 nitrogen and oxygen atoms in total. The van der Waals surface area contributed by atoms with Gasteiger partial charge in [-0.25, -0.2) is 0 Å². The van der Waals surface area contributed by atoms with Gasteiger partial charge in [-0.2, -0.15) is 0 Å². The van der Waals surface area contributed by atoms with Crippen LogP contribution in [0.3, 0.4) is 0 Å². The maximum Gasteiger partial charge on any atom is 0.139 e. The Labute approximate surface area is 146 Å². The molecule has 0 aromatic carbocycles. The molecule has 4 unspecified atom stereocenters. The Kier molecular flexibility index (Phi) is 4.51. The van der Waals surface area contributed by atoms with E-state index in [1.54, 1.807) is 0 Å². The summed E-state index contributed by atoms with van der Waals surface area (Å²) in [6.45, 7) is 8.48. The molecule has 0 amide bonds. The van der Waals surface area contributed by atoms with Gasteiger partial charge in [-0.05, 0) is 61.7 Å². The van der Waals surface area contributed by atoms with Crippen LogP contribution in [0.5, 0.6) is 0 Å². The molecule has 4 fully saturated rings. The number of nitrogens with one attached hydrogen (secondary N) is 1. The Morgan fingerprint density at radius 1 is 0.958 bits per heavy atom. The van der Waals surface area contributed by atoms with Crippen LogP contribution in [0.15, 0.2) is 0 Å². The number of carbonyl (C=O) groups is 2. The summed E-state index contributed by atoms with van der Waals surface area (Å²) in [4.78, 5) is 25.2. The first-order valence-corrected chi connectivity index (χ1v) is 9.98. The second-order valence-electron chi connectivity index (χ2n) is 8.83. The van der Waals surface area contributed by atoms with Crippen LogP contribution in [0.4, 0.5) is 0 Å². The van der Waals surface area contributed by atoms with E-state index in [4.69, 9.17) is 5.41 Å². The van der Waals surface area contributed by atoms with Crippen LogP contribution >= 0.6 is 0 Å². The average molecular weight is 332 g/mol. The van der Waals surface area contributed by atoms with Gasteiger partial charge in [0.05, 0.1) is 0 Å². The van der Waals surface area contributed by atoms with Gasteiger partial charge in [-0.1, -0.05) is 27.7 Å². The summed E-state index contributed by atoms with van der Waals surface area (Å²) in [7, 11) is 0. The van der Waals surface area contributed by atoms with Crippen molar-refractivity contribution in [1.82, 2.24) is 0 Å². The van der Waals surface area contributed by atoms with Gasteiger partial charge in [-0.3, -0.25) is 9.59 Å². The highest BCUT2D eigenvalue weighted by Gasteiger charge is 2.61. The predicted molar refractivity (Wildman–Crippen MR) is 96.2 cm³/mol. The molecule has 4 aliphatic carbocycles. The van der Waals surface area contributed by atoms with Gasteiger partial charge in [0.1, 0.15) is 11.6 Å². The topological polar surface area (TPSA) is 58.0 Å². The van der Waals surface area contributed by atoms with Crippen molar-refractivity contribution < 1.29 is 9.59 Å². The zero-order valence-electron chi connectivity index (χ0n) is 15.8. The summed E-state index contributed by atoms with van der Waals surface area (Å²) in [6, 6.07) is 0. The quantitative estimate of drug-likeness (QED) is 0.691. The zero-order valence-corrected chi connectivity index (χ0v) is 15.8. The van der Waals surface area contributed by atoms with Crippen molar-refractivity contribution in [1.29, 1.82) is 5.41 Å². The van der Waals surface area contributed by atoms with Crippen molar-refractivity contribution in [2.45, 2.75) is 79.1 Å². The number of hydrogen-bond donors (Lipinski definition) is 1. The molecule has 4 saturated carbocycles. The highest BCUT2D eigenvalue weighted by Crippen LogP contribution is 2.64.